The fraction of sp³-hybridized carbons (Fsp3) is 0.235. The summed E-state index contributed by atoms with van der Waals surface area (Å²) in [7, 11) is 2.91. The summed E-state index contributed by atoms with van der Waals surface area (Å²) in [5.74, 6) is -1.37. The van der Waals surface area contributed by atoms with Gasteiger partial charge in [-0.1, -0.05) is 41.9 Å². The van der Waals surface area contributed by atoms with E-state index in [0.29, 0.717) is 17.0 Å². The van der Waals surface area contributed by atoms with Crippen LogP contribution in [0.3, 0.4) is 0 Å². The maximum atomic E-state index is 14.1. The first-order valence-corrected chi connectivity index (χ1v) is 7.21. The summed E-state index contributed by atoms with van der Waals surface area (Å²) in [6, 6.07) is 13.4. The molecule has 0 aromatic heterocycles. The van der Waals surface area contributed by atoms with Crippen molar-refractivity contribution in [2.75, 3.05) is 14.2 Å². The molecule has 1 amide bonds. The van der Waals surface area contributed by atoms with Gasteiger partial charge in [0.15, 0.2) is 0 Å². The van der Waals surface area contributed by atoms with E-state index in [9.17, 15) is 9.18 Å². The van der Waals surface area contributed by atoms with Crippen LogP contribution in [-0.2, 0) is 16.1 Å². The Labute approximate surface area is 134 Å². The average Bonchev–Trinajstić information content (AvgIpc) is 2.54. The summed E-state index contributed by atoms with van der Waals surface area (Å²) in [4.78, 5) is 17.5. The summed E-state index contributed by atoms with van der Waals surface area (Å²) < 4.78 is 14.1. The Morgan fingerprint density at radius 2 is 1.86 bits per heavy atom. The molecule has 0 N–H and O–H groups in total. The van der Waals surface area contributed by atoms with Crippen LogP contribution in [0.1, 0.15) is 17.0 Å². The standard InChI is InChI=1S/C17H17ClFNO2/c1-20(22-2)17(21)15(14-5-3-4-6-16(14)19)11-12-7-9-13(18)10-8-12/h3-10,15H,11H2,1-2H3. The van der Waals surface area contributed by atoms with E-state index in [1.165, 1.54) is 20.2 Å². The lowest BCUT2D eigenvalue weighted by atomic mass is 9.90. The van der Waals surface area contributed by atoms with Crippen molar-refractivity contribution in [1.82, 2.24) is 5.06 Å². The van der Waals surface area contributed by atoms with Crippen molar-refractivity contribution in [3.8, 4) is 0 Å². The highest BCUT2D eigenvalue weighted by Gasteiger charge is 2.27. The van der Waals surface area contributed by atoms with Crippen molar-refractivity contribution in [2.45, 2.75) is 12.3 Å². The quantitative estimate of drug-likeness (QED) is 0.783. The number of carbonyl (C=O) groups excluding carboxylic acids is 1. The third-order valence-corrected chi connectivity index (χ3v) is 3.77. The van der Waals surface area contributed by atoms with Gasteiger partial charge in [-0.2, -0.15) is 0 Å². The maximum absolute atomic E-state index is 14.1. The Morgan fingerprint density at radius 1 is 1.23 bits per heavy atom. The van der Waals surface area contributed by atoms with E-state index in [4.69, 9.17) is 16.4 Å². The summed E-state index contributed by atoms with van der Waals surface area (Å²) in [6.45, 7) is 0. The highest BCUT2D eigenvalue weighted by molar-refractivity contribution is 6.30. The smallest absolute Gasteiger partial charge is 0.253 e. The van der Waals surface area contributed by atoms with E-state index in [1.807, 2.05) is 12.1 Å². The molecule has 0 fully saturated rings. The van der Waals surface area contributed by atoms with E-state index in [1.54, 1.807) is 30.3 Å². The molecule has 0 aliphatic rings. The van der Waals surface area contributed by atoms with Crippen molar-refractivity contribution < 1.29 is 14.0 Å². The first kappa shape index (κ1) is 16.5. The highest BCUT2D eigenvalue weighted by Crippen LogP contribution is 2.26. The van der Waals surface area contributed by atoms with Crippen molar-refractivity contribution >= 4 is 17.5 Å². The molecule has 22 heavy (non-hydrogen) atoms. The summed E-state index contributed by atoms with van der Waals surface area (Å²) in [5.41, 5.74) is 1.25. The average molecular weight is 322 g/mol. The van der Waals surface area contributed by atoms with E-state index in [0.717, 1.165) is 10.6 Å². The van der Waals surface area contributed by atoms with Gasteiger partial charge in [-0.3, -0.25) is 9.63 Å². The van der Waals surface area contributed by atoms with E-state index < -0.39 is 11.7 Å². The molecule has 0 spiro atoms. The van der Waals surface area contributed by atoms with Crippen LogP contribution in [0.2, 0.25) is 5.02 Å². The molecule has 1 atom stereocenters. The normalized spacial score (nSPS) is 12.0. The number of nitrogens with zero attached hydrogens (tertiary/aromatic N) is 1. The molecular weight excluding hydrogens is 305 g/mol. The molecule has 3 nitrogen and oxygen atoms in total. The molecule has 1 unspecified atom stereocenters. The third-order valence-electron chi connectivity index (χ3n) is 3.52. The van der Waals surface area contributed by atoms with E-state index in [-0.39, 0.29) is 5.91 Å². The van der Waals surface area contributed by atoms with Crippen molar-refractivity contribution in [3.63, 3.8) is 0 Å². The van der Waals surface area contributed by atoms with Crippen molar-refractivity contribution in [2.24, 2.45) is 0 Å². The Hall–Kier alpha value is -1.91. The number of hydroxylamine groups is 2. The number of carbonyl (C=O) groups is 1. The van der Waals surface area contributed by atoms with Crippen molar-refractivity contribution in [1.29, 1.82) is 0 Å². The van der Waals surface area contributed by atoms with Crippen LogP contribution in [0.25, 0.3) is 0 Å². The van der Waals surface area contributed by atoms with Gasteiger partial charge in [-0.05, 0) is 30.2 Å². The number of amides is 1. The largest absolute Gasteiger partial charge is 0.275 e. The fourth-order valence-electron chi connectivity index (χ4n) is 2.25. The number of rotatable bonds is 5. The second-order valence-corrected chi connectivity index (χ2v) is 5.36. The second kappa shape index (κ2) is 7.38. The van der Waals surface area contributed by atoms with Crippen molar-refractivity contribution in [3.05, 3.63) is 70.5 Å². The summed E-state index contributed by atoms with van der Waals surface area (Å²) in [5, 5.41) is 1.74. The van der Waals surface area contributed by atoms with Gasteiger partial charge in [-0.15, -0.1) is 0 Å². The molecule has 2 aromatic carbocycles. The number of halogens is 2. The summed E-state index contributed by atoms with van der Waals surface area (Å²) >= 11 is 5.87. The first-order valence-electron chi connectivity index (χ1n) is 6.83. The second-order valence-electron chi connectivity index (χ2n) is 4.92. The zero-order valence-electron chi connectivity index (χ0n) is 12.4. The Bertz CT molecular complexity index is 645. The molecule has 0 aliphatic carbocycles. The zero-order valence-corrected chi connectivity index (χ0v) is 13.2. The highest BCUT2D eigenvalue weighted by atomic mass is 35.5. The molecule has 2 rings (SSSR count). The van der Waals surface area contributed by atoms with Crippen LogP contribution < -0.4 is 0 Å². The van der Waals surface area contributed by atoms with Gasteiger partial charge >= 0.3 is 0 Å². The van der Waals surface area contributed by atoms with E-state index >= 15 is 0 Å². The first-order chi connectivity index (χ1) is 10.5. The maximum Gasteiger partial charge on any atom is 0.253 e. The molecule has 0 bridgehead atoms. The van der Waals surface area contributed by atoms with Gasteiger partial charge in [-0.25, -0.2) is 9.45 Å². The monoisotopic (exact) mass is 321 g/mol. The summed E-state index contributed by atoms with van der Waals surface area (Å²) in [6.07, 6.45) is 0.366. The number of hydrogen-bond acceptors (Lipinski definition) is 2. The molecule has 0 radical (unpaired) electrons. The Balaban J connectivity index is 2.35. The van der Waals surface area contributed by atoms with Gasteiger partial charge in [0.05, 0.1) is 13.0 Å². The van der Waals surface area contributed by atoms with Crippen LogP contribution in [-0.4, -0.2) is 25.1 Å². The molecule has 0 saturated carbocycles. The zero-order chi connectivity index (χ0) is 16.1. The van der Waals surface area contributed by atoms with Crippen LogP contribution in [0.5, 0.6) is 0 Å². The lowest BCUT2D eigenvalue weighted by Crippen LogP contribution is -2.32. The lowest BCUT2D eigenvalue weighted by molar-refractivity contribution is -0.170. The van der Waals surface area contributed by atoms with Gasteiger partial charge in [0.25, 0.3) is 5.91 Å². The molecular formula is C17H17ClFNO2. The SMILES string of the molecule is CON(C)C(=O)C(Cc1ccc(Cl)cc1)c1ccccc1F. The van der Waals surface area contributed by atoms with Gasteiger partial charge in [0, 0.05) is 17.6 Å². The van der Waals surface area contributed by atoms with Gasteiger partial charge in [0.1, 0.15) is 5.82 Å². The minimum absolute atomic E-state index is 0.303. The lowest BCUT2D eigenvalue weighted by Gasteiger charge is -2.22. The number of hydrogen-bond donors (Lipinski definition) is 0. The molecule has 5 heteroatoms. The molecule has 2 aromatic rings. The molecule has 0 saturated heterocycles. The minimum atomic E-state index is -0.660. The van der Waals surface area contributed by atoms with Gasteiger partial charge in [0.2, 0.25) is 0 Å². The predicted octanol–water partition coefficient (Wildman–Crippen LogP) is 3.83. The van der Waals surface area contributed by atoms with Crippen LogP contribution in [0, 0.1) is 5.82 Å². The number of benzene rings is 2. The topological polar surface area (TPSA) is 29.5 Å². The minimum Gasteiger partial charge on any atom is -0.275 e. The fourth-order valence-corrected chi connectivity index (χ4v) is 2.38. The van der Waals surface area contributed by atoms with Crippen LogP contribution in [0.15, 0.2) is 48.5 Å². The van der Waals surface area contributed by atoms with Crippen LogP contribution >= 0.6 is 11.6 Å². The molecule has 0 aliphatic heterocycles. The van der Waals surface area contributed by atoms with Gasteiger partial charge < -0.3 is 0 Å². The molecule has 116 valence electrons. The third kappa shape index (κ3) is 3.84. The Morgan fingerprint density at radius 3 is 2.45 bits per heavy atom. The van der Waals surface area contributed by atoms with E-state index in [2.05, 4.69) is 0 Å². The molecule has 0 heterocycles. The van der Waals surface area contributed by atoms with Crippen LogP contribution in [0.4, 0.5) is 4.39 Å². The number of likely N-dealkylation sites (N-methyl/N-ethyl adjacent to an activating group) is 1. The Kier molecular flexibility index (Phi) is 5.52. The predicted molar refractivity (Wildman–Crippen MR) is 84.1 cm³/mol.